The first kappa shape index (κ1) is 54.6. The van der Waals surface area contributed by atoms with E-state index in [9.17, 15) is 19.8 Å². The number of amides is 1. The smallest absolute Gasteiger partial charge is 0.306 e. The van der Waals surface area contributed by atoms with Gasteiger partial charge < -0.3 is 20.3 Å². The van der Waals surface area contributed by atoms with Crippen LogP contribution in [0.25, 0.3) is 0 Å². The van der Waals surface area contributed by atoms with Crippen molar-refractivity contribution < 1.29 is 24.5 Å². The monoisotopic (exact) mass is 792 g/mol. The van der Waals surface area contributed by atoms with E-state index in [0.29, 0.717) is 19.3 Å². The van der Waals surface area contributed by atoms with Crippen molar-refractivity contribution in [3.05, 3.63) is 12.2 Å². The number of unbranched alkanes of at least 4 members (excludes halogenated alkanes) is 31. The zero-order valence-electron chi connectivity index (χ0n) is 37.8. The standard InChI is InChI=1S/C50H97NO5/c1-4-7-10-13-16-19-22-23-24-25-26-28-30-33-36-39-42-48(53)47(45-52)51-49(54)44-46(41-38-35-32-29-21-18-15-12-9-6-3)56-50(55)43-40-37-34-31-27-20-17-14-11-8-5-2/h14,17,46-48,52-53H,4-13,15-16,18-45H2,1-3H3,(H,51,54)/b17-14-. The van der Waals surface area contributed by atoms with Crippen LogP contribution in [0.5, 0.6) is 0 Å². The molecule has 6 nitrogen and oxygen atoms in total. The highest BCUT2D eigenvalue weighted by molar-refractivity contribution is 5.77. The second-order valence-corrected chi connectivity index (χ2v) is 17.2. The van der Waals surface area contributed by atoms with Gasteiger partial charge in [0.2, 0.25) is 5.91 Å². The Hall–Kier alpha value is -1.40. The van der Waals surface area contributed by atoms with E-state index in [4.69, 9.17) is 4.74 Å². The topological polar surface area (TPSA) is 95.9 Å². The number of allylic oxidation sites excluding steroid dienone is 2. The van der Waals surface area contributed by atoms with Crippen LogP contribution in [0.3, 0.4) is 0 Å². The Morgan fingerprint density at radius 2 is 0.875 bits per heavy atom. The lowest BCUT2D eigenvalue weighted by atomic mass is 10.0. The minimum atomic E-state index is -0.782. The maximum atomic E-state index is 13.1. The van der Waals surface area contributed by atoms with E-state index < -0.39 is 18.2 Å². The third-order valence-electron chi connectivity index (χ3n) is 11.6. The molecule has 3 unspecified atom stereocenters. The van der Waals surface area contributed by atoms with Crippen molar-refractivity contribution in [2.75, 3.05) is 6.61 Å². The summed E-state index contributed by atoms with van der Waals surface area (Å²) < 4.78 is 5.90. The van der Waals surface area contributed by atoms with Crippen LogP contribution in [0.4, 0.5) is 0 Å². The Kier molecular flexibility index (Phi) is 43.6. The number of hydrogen-bond donors (Lipinski definition) is 3. The molecular formula is C50H97NO5. The van der Waals surface area contributed by atoms with Gasteiger partial charge in [-0.15, -0.1) is 0 Å². The summed E-state index contributed by atoms with van der Waals surface area (Å²) >= 11 is 0. The molecule has 56 heavy (non-hydrogen) atoms. The van der Waals surface area contributed by atoms with Crippen molar-refractivity contribution in [1.82, 2.24) is 5.32 Å². The Bertz CT molecular complexity index is 847. The molecule has 0 aliphatic rings. The molecule has 0 saturated heterocycles. The Labute approximate surface area is 349 Å². The molecule has 0 fully saturated rings. The van der Waals surface area contributed by atoms with Crippen molar-refractivity contribution in [3.8, 4) is 0 Å². The molecule has 6 heteroatoms. The van der Waals surface area contributed by atoms with Gasteiger partial charge in [-0.3, -0.25) is 9.59 Å². The van der Waals surface area contributed by atoms with Crippen molar-refractivity contribution in [2.24, 2.45) is 0 Å². The molecule has 0 saturated carbocycles. The van der Waals surface area contributed by atoms with Gasteiger partial charge in [-0.1, -0.05) is 226 Å². The van der Waals surface area contributed by atoms with Gasteiger partial charge in [-0.2, -0.15) is 0 Å². The SMILES string of the molecule is CCCC/C=C\CCCCCCCC(=O)OC(CCCCCCCCCCCC)CC(=O)NC(CO)C(O)CCCCCCCCCCCCCCCCCC. The highest BCUT2D eigenvalue weighted by Crippen LogP contribution is 2.18. The summed E-state index contributed by atoms with van der Waals surface area (Å²) in [6.45, 7) is 6.45. The number of carbonyl (C=O) groups excluding carboxylic acids is 2. The fourth-order valence-electron chi connectivity index (χ4n) is 7.77. The number of nitrogens with one attached hydrogen (secondary N) is 1. The Morgan fingerprint density at radius 1 is 0.500 bits per heavy atom. The van der Waals surface area contributed by atoms with Crippen LogP contribution in [0.2, 0.25) is 0 Å². The highest BCUT2D eigenvalue weighted by atomic mass is 16.5. The number of aliphatic hydroxyl groups excluding tert-OH is 2. The van der Waals surface area contributed by atoms with Gasteiger partial charge in [0.05, 0.1) is 25.2 Å². The molecule has 0 rings (SSSR count). The second kappa shape index (κ2) is 44.7. The molecule has 1 amide bonds. The summed E-state index contributed by atoms with van der Waals surface area (Å²) in [5.41, 5.74) is 0. The first-order valence-corrected chi connectivity index (χ1v) is 24.9. The van der Waals surface area contributed by atoms with E-state index in [1.807, 2.05) is 0 Å². The second-order valence-electron chi connectivity index (χ2n) is 17.2. The quantitative estimate of drug-likeness (QED) is 0.0324. The van der Waals surface area contributed by atoms with Gasteiger partial charge in [0.15, 0.2) is 0 Å². The third-order valence-corrected chi connectivity index (χ3v) is 11.6. The van der Waals surface area contributed by atoms with Crippen LogP contribution < -0.4 is 5.32 Å². The maximum Gasteiger partial charge on any atom is 0.306 e. The highest BCUT2D eigenvalue weighted by Gasteiger charge is 2.24. The van der Waals surface area contributed by atoms with E-state index in [0.717, 1.165) is 51.4 Å². The predicted octanol–water partition coefficient (Wildman–Crippen LogP) is 14.6. The molecule has 0 aromatic heterocycles. The molecule has 332 valence electrons. The van der Waals surface area contributed by atoms with Crippen LogP contribution in [0, 0.1) is 0 Å². The van der Waals surface area contributed by atoms with Gasteiger partial charge in [-0.25, -0.2) is 0 Å². The van der Waals surface area contributed by atoms with Gasteiger partial charge >= 0.3 is 5.97 Å². The molecule has 0 aliphatic carbocycles. The summed E-state index contributed by atoms with van der Waals surface area (Å²) in [4.78, 5) is 26.0. The fourth-order valence-corrected chi connectivity index (χ4v) is 7.77. The van der Waals surface area contributed by atoms with Crippen LogP contribution in [0.15, 0.2) is 12.2 Å². The maximum absolute atomic E-state index is 13.1. The molecule has 0 heterocycles. The summed E-state index contributed by atoms with van der Waals surface area (Å²) in [6.07, 6.45) is 48.4. The molecular weight excluding hydrogens is 695 g/mol. The van der Waals surface area contributed by atoms with Crippen LogP contribution in [-0.4, -0.2) is 46.9 Å². The molecule has 0 spiro atoms. The molecule has 3 atom stereocenters. The number of ether oxygens (including phenoxy) is 1. The summed E-state index contributed by atoms with van der Waals surface area (Å²) in [6, 6.07) is -0.695. The number of hydrogen-bond acceptors (Lipinski definition) is 5. The zero-order valence-corrected chi connectivity index (χ0v) is 37.8. The summed E-state index contributed by atoms with van der Waals surface area (Å²) in [5, 5.41) is 23.7. The normalized spacial score (nSPS) is 13.3. The van der Waals surface area contributed by atoms with Crippen molar-refractivity contribution in [1.29, 1.82) is 0 Å². The van der Waals surface area contributed by atoms with E-state index in [-0.39, 0.29) is 24.9 Å². The largest absolute Gasteiger partial charge is 0.462 e. The summed E-state index contributed by atoms with van der Waals surface area (Å²) in [5.74, 6) is -0.473. The van der Waals surface area contributed by atoms with E-state index in [1.165, 1.54) is 173 Å². The zero-order chi connectivity index (χ0) is 41.0. The van der Waals surface area contributed by atoms with Crippen molar-refractivity contribution >= 4 is 11.9 Å². The molecule has 0 radical (unpaired) electrons. The van der Waals surface area contributed by atoms with Crippen LogP contribution in [0.1, 0.15) is 271 Å². The average Bonchev–Trinajstić information content (AvgIpc) is 3.19. The molecule has 0 aliphatic heterocycles. The molecule has 0 bridgehead atoms. The number of esters is 1. The minimum Gasteiger partial charge on any atom is -0.462 e. The molecule has 3 N–H and O–H groups in total. The van der Waals surface area contributed by atoms with Crippen molar-refractivity contribution in [2.45, 2.75) is 289 Å². The van der Waals surface area contributed by atoms with Crippen molar-refractivity contribution in [3.63, 3.8) is 0 Å². The first-order chi connectivity index (χ1) is 27.5. The lowest BCUT2D eigenvalue weighted by molar-refractivity contribution is -0.151. The average molecular weight is 792 g/mol. The molecule has 0 aromatic carbocycles. The van der Waals surface area contributed by atoms with Gasteiger partial charge in [-0.05, 0) is 44.9 Å². The lowest BCUT2D eigenvalue weighted by Gasteiger charge is -2.24. The first-order valence-electron chi connectivity index (χ1n) is 24.9. The van der Waals surface area contributed by atoms with Gasteiger partial charge in [0.1, 0.15) is 6.10 Å². The Morgan fingerprint density at radius 3 is 1.32 bits per heavy atom. The number of aliphatic hydroxyl groups is 2. The predicted molar refractivity (Wildman–Crippen MR) is 241 cm³/mol. The fraction of sp³-hybridized carbons (Fsp3) is 0.920. The summed E-state index contributed by atoms with van der Waals surface area (Å²) in [7, 11) is 0. The lowest BCUT2D eigenvalue weighted by Crippen LogP contribution is -2.46. The molecule has 0 aromatic rings. The van der Waals surface area contributed by atoms with Crippen LogP contribution >= 0.6 is 0 Å². The van der Waals surface area contributed by atoms with E-state index in [2.05, 4.69) is 38.2 Å². The number of rotatable bonds is 45. The van der Waals surface area contributed by atoms with Gasteiger partial charge in [0.25, 0.3) is 0 Å². The Balaban J connectivity index is 4.44. The van der Waals surface area contributed by atoms with E-state index >= 15 is 0 Å². The van der Waals surface area contributed by atoms with E-state index in [1.54, 1.807) is 0 Å². The minimum absolute atomic E-state index is 0.0806. The third kappa shape index (κ3) is 39.4. The van der Waals surface area contributed by atoms with Gasteiger partial charge in [0, 0.05) is 6.42 Å². The van der Waals surface area contributed by atoms with Crippen LogP contribution in [-0.2, 0) is 14.3 Å². The number of carbonyl (C=O) groups is 2.